The van der Waals surface area contributed by atoms with Crippen LogP contribution in [0.3, 0.4) is 0 Å². The molecule has 0 aliphatic carbocycles. The van der Waals surface area contributed by atoms with Gasteiger partial charge in [0.15, 0.2) is 6.10 Å². The van der Waals surface area contributed by atoms with Crippen molar-refractivity contribution >= 4 is 21.9 Å². The van der Waals surface area contributed by atoms with Gasteiger partial charge in [0.25, 0.3) is 0 Å². The summed E-state index contributed by atoms with van der Waals surface area (Å²) in [6.45, 7) is 3.51. The third-order valence-corrected chi connectivity index (χ3v) is 5.30. The Bertz CT molecular complexity index is 1140. The van der Waals surface area contributed by atoms with Crippen LogP contribution in [0.4, 0.5) is 26.3 Å². The number of aliphatic carboxylic acids is 1. The number of hydrogen-bond acceptors (Lipinski definition) is 3. The van der Waals surface area contributed by atoms with Gasteiger partial charge in [-0.05, 0) is 77.3 Å². The van der Waals surface area contributed by atoms with E-state index < -0.39 is 41.1 Å². The number of rotatable bonds is 8. The van der Waals surface area contributed by atoms with E-state index in [-0.39, 0.29) is 25.7 Å². The minimum Gasteiger partial charge on any atom is -0.488 e. The van der Waals surface area contributed by atoms with Crippen LogP contribution in [0.5, 0.6) is 5.75 Å². The van der Waals surface area contributed by atoms with Gasteiger partial charge in [-0.1, -0.05) is 17.9 Å². The number of carboxylic acid groups (broad SMARTS) is 1. The summed E-state index contributed by atoms with van der Waals surface area (Å²) in [4.78, 5) is 11.2. The Morgan fingerprint density at radius 2 is 1.69 bits per heavy atom. The molecular formula is C25H21BrF6O4. The van der Waals surface area contributed by atoms with Crippen LogP contribution in [0.25, 0.3) is 0 Å². The van der Waals surface area contributed by atoms with Gasteiger partial charge >= 0.3 is 18.3 Å². The van der Waals surface area contributed by atoms with Gasteiger partial charge in [0.1, 0.15) is 12.4 Å². The first-order chi connectivity index (χ1) is 16.7. The van der Waals surface area contributed by atoms with E-state index in [1.165, 1.54) is 13.0 Å². The summed E-state index contributed by atoms with van der Waals surface area (Å²) in [6, 6.07) is 6.16. The van der Waals surface area contributed by atoms with E-state index in [0.29, 0.717) is 33.5 Å². The van der Waals surface area contributed by atoms with E-state index in [1.807, 2.05) is 0 Å². The maximum atomic E-state index is 13.0. The highest BCUT2D eigenvalue weighted by molar-refractivity contribution is 9.10. The molecule has 0 aliphatic rings. The lowest BCUT2D eigenvalue weighted by Crippen LogP contribution is -2.26. The molecule has 0 saturated heterocycles. The summed E-state index contributed by atoms with van der Waals surface area (Å²) in [5, 5.41) is 9.19. The molecule has 0 heterocycles. The van der Waals surface area contributed by atoms with Crippen LogP contribution in [0.15, 0.2) is 52.5 Å². The van der Waals surface area contributed by atoms with Crippen LogP contribution in [0.2, 0.25) is 0 Å². The fraction of sp³-hybridized carbons (Fsp3) is 0.320. The molecule has 1 N–H and O–H groups in total. The summed E-state index contributed by atoms with van der Waals surface area (Å²) < 4.78 is 89.2. The molecule has 0 aromatic heterocycles. The van der Waals surface area contributed by atoms with E-state index >= 15 is 0 Å². The monoisotopic (exact) mass is 578 g/mol. The second-order valence-electron chi connectivity index (χ2n) is 7.49. The van der Waals surface area contributed by atoms with Crippen molar-refractivity contribution in [2.45, 2.75) is 38.7 Å². The van der Waals surface area contributed by atoms with Gasteiger partial charge in [-0.15, -0.1) is 0 Å². The molecule has 0 unspecified atom stereocenters. The number of carboxylic acids is 1. The van der Waals surface area contributed by atoms with Crippen molar-refractivity contribution < 1.29 is 45.7 Å². The molecule has 0 spiro atoms. The topological polar surface area (TPSA) is 55.8 Å². The van der Waals surface area contributed by atoms with Crippen LogP contribution in [0.1, 0.15) is 36.1 Å². The van der Waals surface area contributed by atoms with E-state index in [1.54, 1.807) is 25.1 Å². The van der Waals surface area contributed by atoms with Gasteiger partial charge in [-0.25, -0.2) is 4.79 Å². The first kappa shape index (κ1) is 29.3. The largest absolute Gasteiger partial charge is 0.488 e. The molecule has 2 rings (SSSR count). The third kappa shape index (κ3) is 8.91. The number of allylic oxidation sites excluding steroid dienone is 1. The minimum absolute atomic E-state index is 0.0194. The van der Waals surface area contributed by atoms with Crippen LogP contribution in [-0.2, 0) is 28.3 Å². The zero-order valence-electron chi connectivity index (χ0n) is 19.1. The highest BCUT2D eigenvalue weighted by atomic mass is 79.9. The number of carbonyl (C=O) groups is 1. The minimum atomic E-state index is -4.95. The van der Waals surface area contributed by atoms with Crippen LogP contribution < -0.4 is 4.74 Å². The first-order valence-corrected chi connectivity index (χ1v) is 11.2. The molecular weight excluding hydrogens is 558 g/mol. The van der Waals surface area contributed by atoms with Crippen molar-refractivity contribution in [2.75, 3.05) is 13.2 Å². The highest BCUT2D eigenvalue weighted by Crippen LogP contribution is 2.36. The molecule has 36 heavy (non-hydrogen) atoms. The zero-order valence-corrected chi connectivity index (χ0v) is 20.6. The molecule has 0 fully saturated rings. The summed E-state index contributed by atoms with van der Waals surface area (Å²) in [5.41, 5.74) is -2.22. The van der Waals surface area contributed by atoms with Gasteiger partial charge < -0.3 is 14.6 Å². The molecule has 0 radical (unpaired) electrons. The number of ether oxygens (including phenoxy) is 2. The van der Waals surface area contributed by atoms with Crippen LogP contribution in [0, 0.1) is 11.8 Å². The van der Waals surface area contributed by atoms with E-state index in [0.717, 1.165) is 0 Å². The Morgan fingerprint density at radius 3 is 2.19 bits per heavy atom. The number of halogens is 7. The number of benzene rings is 2. The lowest BCUT2D eigenvalue weighted by molar-refractivity contribution is -0.150. The lowest BCUT2D eigenvalue weighted by Gasteiger charge is -2.13. The van der Waals surface area contributed by atoms with E-state index in [9.17, 15) is 36.2 Å². The smallest absolute Gasteiger partial charge is 0.416 e. The summed E-state index contributed by atoms with van der Waals surface area (Å²) in [7, 11) is 0. The average molecular weight is 579 g/mol. The predicted octanol–water partition coefficient (Wildman–Crippen LogP) is 6.90. The SMILES string of the molecule is CCO[C@@H](Cc1ccc(OCC=C(C)C#Cc2cc(C(F)(F)F)cc(C(F)(F)F)c2)c(Br)c1)C(=O)O. The first-order valence-electron chi connectivity index (χ1n) is 10.4. The second kappa shape index (κ2) is 12.3. The molecule has 1 atom stereocenters. The van der Waals surface area contributed by atoms with Gasteiger partial charge in [-0.2, -0.15) is 26.3 Å². The molecule has 0 bridgehead atoms. The number of alkyl halides is 6. The third-order valence-electron chi connectivity index (χ3n) is 4.68. The molecule has 0 aliphatic heterocycles. The van der Waals surface area contributed by atoms with Gasteiger partial charge in [0, 0.05) is 18.6 Å². The second-order valence-corrected chi connectivity index (χ2v) is 8.35. The molecule has 2 aromatic rings. The average Bonchev–Trinajstić information content (AvgIpc) is 2.77. The standard InChI is InChI=1S/C25H21BrF6O4/c1-3-35-22(23(33)34)13-17-6-7-21(20(26)12-17)36-9-8-15(2)4-5-16-10-18(24(27,28)29)14-19(11-16)25(30,31)32/h6-8,10-12,14,22H,3,9,13H2,1-2H3,(H,33,34)/t22-/m0/s1. The van der Waals surface area contributed by atoms with Crippen LogP contribution in [-0.4, -0.2) is 30.4 Å². The fourth-order valence-corrected chi connectivity index (χ4v) is 3.47. The van der Waals surface area contributed by atoms with Crippen molar-refractivity contribution in [1.82, 2.24) is 0 Å². The lowest BCUT2D eigenvalue weighted by atomic mass is 10.0. The maximum absolute atomic E-state index is 13.0. The Kier molecular flexibility index (Phi) is 10.0. The fourth-order valence-electron chi connectivity index (χ4n) is 2.93. The summed E-state index contributed by atoms with van der Waals surface area (Å²) >= 11 is 3.34. The Hall–Kier alpha value is -2.97. The number of hydrogen-bond donors (Lipinski definition) is 1. The molecule has 11 heteroatoms. The normalized spacial score (nSPS) is 13.1. The Morgan fingerprint density at radius 1 is 1.08 bits per heavy atom. The highest BCUT2D eigenvalue weighted by Gasteiger charge is 2.36. The van der Waals surface area contributed by atoms with E-state index in [4.69, 9.17) is 9.47 Å². The van der Waals surface area contributed by atoms with Gasteiger partial charge in [0.2, 0.25) is 0 Å². The zero-order chi connectivity index (χ0) is 27.1. The summed E-state index contributed by atoms with van der Waals surface area (Å²) in [6.07, 6.45) is -9.21. The van der Waals surface area contributed by atoms with Crippen molar-refractivity contribution in [3.05, 3.63) is 74.8 Å². The van der Waals surface area contributed by atoms with Crippen molar-refractivity contribution in [2.24, 2.45) is 0 Å². The molecule has 0 amide bonds. The quantitative estimate of drug-likeness (QED) is 0.273. The van der Waals surface area contributed by atoms with Crippen LogP contribution >= 0.6 is 15.9 Å². The van der Waals surface area contributed by atoms with Gasteiger partial charge in [0.05, 0.1) is 15.6 Å². The molecule has 0 saturated carbocycles. The van der Waals surface area contributed by atoms with Crippen molar-refractivity contribution in [1.29, 1.82) is 0 Å². The van der Waals surface area contributed by atoms with Gasteiger partial charge in [-0.3, -0.25) is 0 Å². The summed E-state index contributed by atoms with van der Waals surface area (Å²) in [5.74, 6) is 4.22. The molecule has 4 nitrogen and oxygen atoms in total. The van der Waals surface area contributed by atoms with Crippen molar-refractivity contribution in [3.8, 4) is 17.6 Å². The molecule has 2 aromatic carbocycles. The Balaban J connectivity index is 2.11. The predicted molar refractivity (Wildman–Crippen MR) is 123 cm³/mol. The van der Waals surface area contributed by atoms with Crippen molar-refractivity contribution in [3.63, 3.8) is 0 Å². The Labute approximate surface area is 212 Å². The maximum Gasteiger partial charge on any atom is 0.416 e. The van der Waals surface area contributed by atoms with E-state index in [2.05, 4.69) is 27.8 Å². The molecule has 194 valence electrons.